The Labute approximate surface area is 126 Å². The Hall–Kier alpha value is -2.04. The van der Waals surface area contributed by atoms with Crippen molar-refractivity contribution >= 4 is 17.5 Å². The van der Waals surface area contributed by atoms with Gasteiger partial charge in [-0.2, -0.15) is 0 Å². The molecule has 0 fully saturated rings. The molecule has 0 heterocycles. The Balaban J connectivity index is 2.64. The average molecular weight is 291 g/mol. The van der Waals surface area contributed by atoms with Gasteiger partial charge in [0.05, 0.1) is 6.54 Å². The van der Waals surface area contributed by atoms with Gasteiger partial charge in [-0.25, -0.2) is 0 Å². The van der Waals surface area contributed by atoms with Crippen molar-refractivity contribution in [2.75, 3.05) is 11.9 Å². The summed E-state index contributed by atoms with van der Waals surface area (Å²) in [5.41, 5.74) is 1.03. The van der Waals surface area contributed by atoms with Gasteiger partial charge in [0.25, 0.3) is 5.91 Å². The van der Waals surface area contributed by atoms with Crippen LogP contribution in [0.2, 0.25) is 0 Å². The quantitative estimate of drug-likeness (QED) is 0.778. The summed E-state index contributed by atoms with van der Waals surface area (Å²) < 4.78 is 0. The SMILES string of the molecule is CC(C)NC(=O)CNc1cccc(C(=O)NC(C)(C)C)c1. The van der Waals surface area contributed by atoms with Gasteiger partial charge in [0, 0.05) is 22.8 Å². The van der Waals surface area contributed by atoms with Crippen molar-refractivity contribution in [3.05, 3.63) is 29.8 Å². The highest BCUT2D eigenvalue weighted by atomic mass is 16.2. The summed E-state index contributed by atoms with van der Waals surface area (Å²) in [4.78, 5) is 23.7. The monoisotopic (exact) mass is 291 g/mol. The third-order valence-electron chi connectivity index (χ3n) is 2.52. The van der Waals surface area contributed by atoms with Gasteiger partial charge in [-0.15, -0.1) is 0 Å². The van der Waals surface area contributed by atoms with Crippen LogP contribution in [0.5, 0.6) is 0 Å². The molecule has 3 N–H and O–H groups in total. The van der Waals surface area contributed by atoms with Crippen LogP contribution in [-0.4, -0.2) is 29.9 Å². The highest BCUT2D eigenvalue weighted by Crippen LogP contribution is 2.11. The highest BCUT2D eigenvalue weighted by Gasteiger charge is 2.15. The molecule has 5 heteroatoms. The van der Waals surface area contributed by atoms with Crippen LogP contribution in [0.25, 0.3) is 0 Å². The van der Waals surface area contributed by atoms with E-state index in [9.17, 15) is 9.59 Å². The molecular weight excluding hydrogens is 266 g/mol. The fraction of sp³-hybridized carbons (Fsp3) is 0.500. The number of hydrogen-bond acceptors (Lipinski definition) is 3. The van der Waals surface area contributed by atoms with Crippen molar-refractivity contribution < 1.29 is 9.59 Å². The molecule has 2 amide bonds. The number of amides is 2. The van der Waals surface area contributed by atoms with Crippen molar-refractivity contribution in [2.24, 2.45) is 0 Å². The van der Waals surface area contributed by atoms with Crippen LogP contribution in [0.15, 0.2) is 24.3 Å². The molecule has 1 aromatic rings. The first-order chi connectivity index (χ1) is 9.67. The maximum atomic E-state index is 12.1. The lowest BCUT2D eigenvalue weighted by Gasteiger charge is -2.20. The molecule has 0 aliphatic heterocycles. The van der Waals surface area contributed by atoms with Gasteiger partial charge in [0.15, 0.2) is 0 Å². The second-order valence-corrected chi connectivity index (χ2v) is 6.36. The van der Waals surface area contributed by atoms with Gasteiger partial charge in [0.2, 0.25) is 5.91 Å². The fourth-order valence-corrected chi connectivity index (χ4v) is 1.74. The molecule has 0 aromatic heterocycles. The molecule has 0 radical (unpaired) electrons. The lowest BCUT2D eigenvalue weighted by Crippen LogP contribution is -2.40. The summed E-state index contributed by atoms with van der Waals surface area (Å²) in [6, 6.07) is 7.23. The Morgan fingerprint density at radius 2 is 1.86 bits per heavy atom. The average Bonchev–Trinajstić information content (AvgIpc) is 2.34. The molecule has 0 aliphatic carbocycles. The van der Waals surface area contributed by atoms with Gasteiger partial charge in [-0.05, 0) is 52.8 Å². The van der Waals surface area contributed by atoms with Crippen LogP contribution in [0.1, 0.15) is 45.0 Å². The first kappa shape index (κ1) is 17.0. The third-order valence-corrected chi connectivity index (χ3v) is 2.52. The van der Waals surface area contributed by atoms with E-state index in [2.05, 4.69) is 16.0 Å². The van der Waals surface area contributed by atoms with Crippen LogP contribution in [0.4, 0.5) is 5.69 Å². The van der Waals surface area contributed by atoms with Crippen LogP contribution in [0, 0.1) is 0 Å². The van der Waals surface area contributed by atoms with Crippen LogP contribution >= 0.6 is 0 Å². The number of nitrogens with one attached hydrogen (secondary N) is 3. The smallest absolute Gasteiger partial charge is 0.251 e. The van der Waals surface area contributed by atoms with E-state index < -0.39 is 0 Å². The van der Waals surface area contributed by atoms with Gasteiger partial charge in [-0.1, -0.05) is 6.07 Å². The fourth-order valence-electron chi connectivity index (χ4n) is 1.74. The van der Waals surface area contributed by atoms with E-state index in [1.807, 2.05) is 40.7 Å². The van der Waals surface area contributed by atoms with E-state index in [4.69, 9.17) is 0 Å². The van der Waals surface area contributed by atoms with E-state index in [1.165, 1.54) is 0 Å². The Bertz CT molecular complexity index is 504. The molecule has 0 bridgehead atoms. The summed E-state index contributed by atoms with van der Waals surface area (Å²) in [7, 11) is 0. The van der Waals surface area contributed by atoms with Crippen molar-refractivity contribution in [1.29, 1.82) is 0 Å². The molecule has 0 spiro atoms. The first-order valence-electron chi connectivity index (χ1n) is 7.13. The van der Waals surface area contributed by atoms with Gasteiger partial charge < -0.3 is 16.0 Å². The normalized spacial score (nSPS) is 11.1. The number of hydrogen-bond donors (Lipinski definition) is 3. The van der Waals surface area contributed by atoms with Crippen molar-refractivity contribution in [1.82, 2.24) is 10.6 Å². The minimum Gasteiger partial charge on any atom is -0.376 e. The largest absolute Gasteiger partial charge is 0.376 e. The molecule has 0 aliphatic rings. The van der Waals surface area contributed by atoms with E-state index in [1.54, 1.807) is 18.2 Å². The standard InChI is InChI=1S/C16H25N3O2/c1-11(2)18-14(20)10-17-13-8-6-7-12(9-13)15(21)19-16(3,4)5/h6-9,11,17H,10H2,1-5H3,(H,18,20)(H,19,21). The second-order valence-electron chi connectivity index (χ2n) is 6.36. The molecule has 21 heavy (non-hydrogen) atoms. The number of benzene rings is 1. The molecule has 0 unspecified atom stereocenters. The lowest BCUT2D eigenvalue weighted by molar-refractivity contribution is -0.119. The Morgan fingerprint density at radius 1 is 1.19 bits per heavy atom. The molecule has 5 nitrogen and oxygen atoms in total. The summed E-state index contributed by atoms with van der Waals surface area (Å²) >= 11 is 0. The maximum absolute atomic E-state index is 12.1. The molecule has 1 rings (SSSR count). The van der Waals surface area contributed by atoms with Crippen molar-refractivity contribution in [3.63, 3.8) is 0 Å². The van der Waals surface area contributed by atoms with Crippen molar-refractivity contribution in [2.45, 2.75) is 46.2 Å². The third kappa shape index (κ3) is 6.79. The second kappa shape index (κ2) is 7.11. The number of carbonyl (C=O) groups excluding carboxylic acids is 2. The molecule has 1 aromatic carbocycles. The predicted molar refractivity (Wildman–Crippen MR) is 85.4 cm³/mol. The molecular formula is C16H25N3O2. The summed E-state index contributed by atoms with van der Waals surface area (Å²) in [5, 5.41) is 8.72. The molecule has 0 saturated carbocycles. The first-order valence-corrected chi connectivity index (χ1v) is 7.13. The zero-order chi connectivity index (χ0) is 16.0. The van der Waals surface area contributed by atoms with Crippen LogP contribution in [-0.2, 0) is 4.79 Å². The van der Waals surface area contributed by atoms with E-state index in [0.29, 0.717) is 5.56 Å². The zero-order valence-electron chi connectivity index (χ0n) is 13.4. The van der Waals surface area contributed by atoms with Crippen molar-refractivity contribution in [3.8, 4) is 0 Å². The summed E-state index contributed by atoms with van der Waals surface area (Å²) in [5.74, 6) is -0.202. The van der Waals surface area contributed by atoms with Crippen LogP contribution < -0.4 is 16.0 Å². The molecule has 116 valence electrons. The lowest BCUT2D eigenvalue weighted by atomic mass is 10.1. The molecule has 0 atom stereocenters. The number of anilines is 1. The highest BCUT2D eigenvalue weighted by molar-refractivity contribution is 5.95. The predicted octanol–water partition coefficient (Wildman–Crippen LogP) is 2.15. The Kier molecular flexibility index (Phi) is 5.76. The van der Waals surface area contributed by atoms with Gasteiger partial charge in [0.1, 0.15) is 0 Å². The van der Waals surface area contributed by atoms with Gasteiger partial charge >= 0.3 is 0 Å². The van der Waals surface area contributed by atoms with E-state index in [-0.39, 0.29) is 29.9 Å². The van der Waals surface area contributed by atoms with Crippen LogP contribution in [0.3, 0.4) is 0 Å². The van der Waals surface area contributed by atoms with E-state index in [0.717, 1.165) is 5.69 Å². The topological polar surface area (TPSA) is 70.2 Å². The maximum Gasteiger partial charge on any atom is 0.251 e. The van der Waals surface area contributed by atoms with Gasteiger partial charge in [-0.3, -0.25) is 9.59 Å². The number of rotatable bonds is 5. The minimum atomic E-state index is -0.280. The summed E-state index contributed by atoms with van der Waals surface area (Å²) in [6.07, 6.45) is 0. The Morgan fingerprint density at radius 3 is 2.43 bits per heavy atom. The number of carbonyl (C=O) groups is 2. The minimum absolute atomic E-state index is 0.0745. The van der Waals surface area contributed by atoms with E-state index >= 15 is 0 Å². The zero-order valence-corrected chi connectivity index (χ0v) is 13.4. The summed E-state index contributed by atoms with van der Waals surface area (Å²) in [6.45, 7) is 9.81. The molecule has 0 saturated heterocycles.